The number of nitrogens with zero attached hydrogens (tertiary/aromatic N) is 2. The highest BCUT2D eigenvalue weighted by molar-refractivity contribution is 5.96. The van der Waals surface area contributed by atoms with E-state index in [4.69, 9.17) is 0 Å². The third kappa shape index (κ3) is 3.87. The number of hydrogen-bond donors (Lipinski definition) is 1. The molecule has 1 fully saturated rings. The number of rotatable bonds is 4. The van der Waals surface area contributed by atoms with Gasteiger partial charge in [-0.2, -0.15) is 0 Å². The lowest BCUT2D eigenvalue weighted by Crippen LogP contribution is -2.31. The zero-order chi connectivity index (χ0) is 17.8. The Hall–Kier alpha value is -2.69. The summed E-state index contributed by atoms with van der Waals surface area (Å²) < 4.78 is 0. The van der Waals surface area contributed by atoms with Crippen LogP contribution in [0.25, 0.3) is 0 Å². The Morgan fingerprint density at radius 1 is 1.20 bits per heavy atom. The number of likely N-dealkylation sites (tertiary alicyclic amines) is 1. The first-order valence-corrected chi connectivity index (χ1v) is 8.63. The molecule has 2 heterocycles. The van der Waals surface area contributed by atoms with E-state index >= 15 is 0 Å². The number of amides is 2. The molecule has 25 heavy (non-hydrogen) atoms. The smallest absolute Gasteiger partial charge is 0.254 e. The van der Waals surface area contributed by atoms with Crippen molar-refractivity contribution < 1.29 is 9.59 Å². The van der Waals surface area contributed by atoms with Gasteiger partial charge in [-0.05, 0) is 43.5 Å². The lowest BCUT2D eigenvalue weighted by Gasteiger charge is -2.25. The van der Waals surface area contributed by atoms with Gasteiger partial charge in [-0.15, -0.1) is 0 Å². The molecule has 3 rings (SSSR count). The second kappa shape index (κ2) is 7.47. The number of nitrogens with one attached hydrogen (secondary N) is 1. The summed E-state index contributed by atoms with van der Waals surface area (Å²) in [4.78, 5) is 30.7. The van der Waals surface area contributed by atoms with Crippen molar-refractivity contribution in [2.75, 3.05) is 6.54 Å². The SMILES string of the molecule is CC(=O)NCc1cccc(C2CCCN2C(=O)c2ccccc2C)n1. The van der Waals surface area contributed by atoms with Crippen molar-refractivity contribution in [1.82, 2.24) is 15.2 Å². The third-order valence-corrected chi connectivity index (χ3v) is 4.58. The molecule has 1 atom stereocenters. The van der Waals surface area contributed by atoms with Crippen molar-refractivity contribution in [2.24, 2.45) is 0 Å². The molecular weight excluding hydrogens is 314 g/mol. The van der Waals surface area contributed by atoms with Crippen molar-refractivity contribution in [3.05, 3.63) is 65.0 Å². The number of benzene rings is 1. The molecule has 1 unspecified atom stereocenters. The summed E-state index contributed by atoms with van der Waals surface area (Å²) in [5.41, 5.74) is 3.44. The van der Waals surface area contributed by atoms with Crippen LogP contribution >= 0.6 is 0 Å². The minimum absolute atomic E-state index is 0.00983. The quantitative estimate of drug-likeness (QED) is 0.933. The molecule has 1 aliphatic heterocycles. The summed E-state index contributed by atoms with van der Waals surface area (Å²) in [6.07, 6.45) is 1.88. The maximum Gasteiger partial charge on any atom is 0.254 e. The van der Waals surface area contributed by atoms with Gasteiger partial charge in [0.25, 0.3) is 5.91 Å². The van der Waals surface area contributed by atoms with Crippen LogP contribution in [0.1, 0.15) is 53.1 Å². The first kappa shape index (κ1) is 17.1. The van der Waals surface area contributed by atoms with Gasteiger partial charge in [-0.25, -0.2) is 0 Å². The summed E-state index contributed by atoms with van der Waals surface area (Å²) in [6, 6.07) is 13.5. The van der Waals surface area contributed by atoms with Crippen LogP contribution in [0.3, 0.4) is 0 Å². The number of aromatic nitrogens is 1. The molecule has 0 aliphatic carbocycles. The van der Waals surface area contributed by atoms with Gasteiger partial charge >= 0.3 is 0 Å². The maximum absolute atomic E-state index is 13.0. The topological polar surface area (TPSA) is 62.3 Å². The van der Waals surface area contributed by atoms with Crippen molar-refractivity contribution in [3.63, 3.8) is 0 Å². The zero-order valence-corrected chi connectivity index (χ0v) is 14.7. The highest BCUT2D eigenvalue weighted by Gasteiger charge is 2.32. The van der Waals surface area contributed by atoms with Gasteiger partial charge in [0, 0.05) is 19.0 Å². The van der Waals surface area contributed by atoms with E-state index in [1.807, 2.05) is 54.3 Å². The van der Waals surface area contributed by atoms with E-state index in [-0.39, 0.29) is 17.9 Å². The highest BCUT2D eigenvalue weighted by Crippen LogP contribution is 2.32. The van der Waals surface area contributed by atoms with Crippen molar-refractivity contribution >= 4 is 11.8 Å². The molecule has 2 aromatic rings. The third-order valence-electron chi connectivity index (χ3n) is 4.58. The minimum Gasteiger partial charge on any atom is -0.351 e. The van der Waals surface area contributed by atoms with Crippen LogP contribution < -0.4 is 5.32 Å². The van der Waals surface area contributed by atoms with Crippen molar-refractivity contribution in [1.29, 1.82) is 0 Å². The molecule has 1 N–H and O–H groups in total. The number of pyridine rings is 1. The summed E-state index contributed by atoms with van der Waals surface area (Å²) in [6.45, 7) is 4.60. The number of carbonyl (C=O) groups excluding carboxylic acids is 2. The van der Waals surface area contributed by atoms with E-state index in [9.17, 15) is 9.59 Å². The minimum atomic E-state index is -0.0792. The number of aryl methyl sites for hydroxylation is 1. The lowest BCUT2D eigenvalue weighted by atomic mass is 10.1. The average Bonchev–Trinajstić information content (AvgIpc) is 3.10. The van der Waals surface area contributed by atoms with Gasteiger partial charge in [-0.3, -0.25) is 14.6 Å². The van der Waals surface area contributed by atoms with Crippen LogP contribution in [-0.2, 0) is 11.3 Å². The fourth-order valence-corrected chi connectivity index (χ4v) is 3.28. The molecule has 0 bridgehead atoms. The molecular formula is C20H23N3O2. The predicted molar refractivity (Wildman–Crippen MR) is 95.9 cm³/mol. The van der Waals surface area contributed by atoms with E-state index in [2.05, 4.69) is 10.3 Å². The van der Waals surface area contributed by atoms with Gasteiger partial charge in [0.05, 0.1) is 24.0 Å². The summed E-state index contributed by atoms with van der Waals surface area (Å²) in [5.74, 6) is -0.0147. The Kier molecular flexibility index (Phi) is 5.12. The molecule has 1 aromatic carbocycles. The monoisotopic (exact) mass is 337 g/mol. The maximum atomic E-state index is 13.0. The zero-order valence-electron chi connectivity index (χ0n) is 14.7. The Morgan fingerprint density at radius 3 is 2.76 bits per heavy atom. The Balaban J connectivity index is 1.82. The van der Waals surface area contributed by atoms with E-state index in [0.29, 0.717) is 6.54 Å². The van der Waals surface area contributed by atoms with Gasteiger partial charge < -0.3 is 10.2 Å². The lowest BCUT2D eigenvalue weighted by molar-refractivity contribution is -0.119. The number of carbonyl (C=O) groups is 2. The van der Waals surface area contributed by atoms with E-state index in [1.165, 1.54) is 6.92 Å². The van der Waals surface area contributed by atoms with E-state index in [0.717, 1.165) is 41.9 Å². The van der Waals surface area contributed by atoms with Gasteiger partial charge in [0.2, 0.25) is 5.91 Å². The standard InChI is InChI=1S/C20H23N3O2/c1-14-7-3-4-9-17(14)20(25)23-12-6-11-19(23)18-10-5-8-16(22-18)13-21-15(2)24/h3-5,7-10,19H,6,11-13H2,1-2H3,(H,21,24). The fraction of sp³-hybridized carbons (Fsp3) is 0.350. The first-order valence-electron chi connectivity index (χ1n) is 8.63. The van der Waals surface area contributed by atoms with Crippen molar-refractivity contribution in [3.8, 4) is 0 Å². The Labute approximate surface area is 148 Å². The molecule has 5 nitrogen and oxygen atoms in total. The van der Waals surface area contributed by atoms with Gasteiger partial charge in [0.15, 0.2) is 0 Å². The highest BCUT2D eigenvalue weighted by atomic mass is 16.2. The van der Waals surface area contributed by atoms with Crippen LogP contribution in [-0.4, -0.2) is 28.2 Å². The van der Waals surface area contributed by atoms with Crippen LogP contribution in [0.4, 0.5) is 0 Å². The Bertz CT molecular complexity index is 788. The molecule has 5 heteroatoms. The molecule has 1 saturated heterocycles. The second-order valence-corrected chi connectivity index (χ2v) is 6.44. The molecule has 2 amide bonds. The Morgan fingerprint density at radius 2 is 2.00 bits per heavy atom. The number of hydrogen-bond acceptors (Lipinski definition) is 3. The van der Waals surface area contributed by atoms with Gasteiger partial charge in [0.1, 0.15) is 0 Å². The van der Waals surface area contributed by atoms with Crippen LogP contribution in [0.15, 0.2) is 42.5 Å². The molecule has 0 saturated carbocycles. The normalized spacial score (nSPS) is 16.7. The molecule has 0 spiro atoms. The molecule has 130 valence electrons. The van der Waals surface area contributed by atoms with E-state index < -0.39 is 0 Å². The predicted octanol–water partition coefficient (Wildman–Crippen LogP) is 3.00. The summed E-state index contributed by atoms with van der Waals surface area (Å²) in [7, 11) is 0. The van der Waals surface area contributed by atoms with Crippen LogP contribution in [0, 0.1) is 6.92 Å². The van der Waals surface area contributed by atoms with Crippen LogP contribution in [0.5, 0.6) is 0 Å². The molecule has 0 radical (unpaired) electrons. The van der Waals surface area contributed by atoms with Crippen molar-refractivity contribution in [2.45, 2.75) is 39.3 Å². The summed E-state index contributed by atoms with van der Waals surface area (Å²) in [5, 5.41) is 2.76. The molecule has 1 aliphatic rings. The van der Waals surface area contributed by atoms with E-state index in [1.54, 1.807) is 0 Å². The first-order chi connectivity index (χ1) is 12.1. The van der Waals surface area contributed by atoms with Gasteiger partial charge in [-0.1, -0.05) is 24.3 Å². The average molecular weight is 337 g/mol. The second-order valence-electron chi connectivity index (χ2n) is 6.44. The largest absolute Gasteiger partial charge is 0.351 e. The van der Waals surface area contributed by atoms with Crippen LogP contribution in [0.2, 0.25) is 0 Å². The molecule has 1 aromatic heterocycles. The summed E-state index contributed by atoms with van der Waals surface area (Å²) >= 11 is 0. The fourth-order valence-electron chi connectivity index (χ4n) is 3.28.